The summed E-state index contributed by atoms with van der Waals surface area (Å²) in [6.45, 7) is 0. The molecule has 0 N–H and O–H groups in total. The summed E-state index contributed by atoms with van der Waals surface area (Å²) in [4.78, 5) is 1.98. The van der Waals surface area contributed by atoms with Crippen LogP contribution < -0.4 is 4.90 Å². The number of azo groups is 1. The Hall–Kier alpha value is -1.87. The molecule has 0 atom stereocenters. The Kier molecular flexibility index (Phi) is 4.09. The zero-order valence-electron chi connectivity index (χ0n) is 11.2. The molecule has 9 heteroatoms. The number of aromatic nitrogens is 2. The maximum atomic E-state index is 11.3. The highest BCUT2D eigenvalue weighted by molar-refractivity contribution is 7.92. The zero-order chi connectivity index (χ0) is 14.8. The molecule has 0 saturated carbocycles. The van der Waals surface area contributed by atoms with Crippen LogP contribution in [0.25, 0.3) is 0 Å². The first-order chi connectivity index (χ1) is 9.36. The second-order valence-corrected chi connectivity index (χ2v) is 7.38. The highest BCUT2D eigenvalue weighted by Crippen LogP contribution is 2.25. The second-order valence-electron chi connectivity index (χ2n) is 4.23. The summed E-state index contributed by atoms with van der Waals surface area (Å²) in [5.74, 6) is 0. The maximum absolute atomic E-state index is 11.3. The standard InChI is InChI=1S/C11H13N5O2S2/c1-16(2)9-6-4-8(5-7-9)12-13-10-14-15-11(19-10)20(3,17)18/h4-7H,1-3H3. The third-order valence-corrected chi connectivity index (χ3v) is 4.81. The summed E-state index contributed by atoms with van der Waals surface area (Å²) in [7, 11) is 0.555. The van der Waals surface area contributed by atoms with Crippen molar-refractivity contribution in [3.05, 3.63) is 24.3 Å². The van der Waals surface area contributed by atoms with Crippen LogP contribution in [0.4, 0.5) is 16.5 Å². The topological polar surface area (TPSA) is 87.9 Å². The normalized spacial score (nSPS) is 11.9. The van der Waals surface area contributed by atoms with Crippen LogP contribution in [0.5, 0.6) is 0 Å². The molecule has 2 aromatic rings. The van der Waals surface area contributed by atoms with E-state index in [1.54, 1.807) is 0 Å². The fraction of sp³-hybridized carbons (Fsp3) is 0.273. The highest BCUT2D eigenvalue weighted by atomic mass is 32.2. The molecule has 0 fully saturated rings. The lowest BCUT2D eigenvalue weighted by atomic mass is 10.3. The first kappa shape index (κ1) is 14.5. The molecule has 0 bridgehead atoms. The van der Waals surface area contributed by atoms with Crippen molar-refractivity contribution < 1.29 is 8.42 Å². The molecule has 0 aliphatic heterocycles. The van der Waals surface area contributed by atoms with E-state index in [0.29, 0.717) is 5.69 Å². The number of sulfone groups is 1. The number of nitrogens with zero attached hydrogens (tertiary/aromatic N) is 5. The van der Waals surface area contributed by atoms with E-state index < -0.39 is 9.84 Å². The molecular formula is C11H13N5O2S2. The SMILES string of the molecule is CN(C)c1ccc(N=Nc2nnc(S(C)(=O)=O)s2)cc1. The van der Waals surface area contributed by atoms with Gasteiger partial charge >= 0.3 is 0 Å². The molecule has 0 amide bonds. The smallest absolute Gasteiger partial charge is 0.252 e. The zero-order valence-corrected chi connectivity index (χ0v) is 12.8. The maximum Gasteiger partial charge on any atom is 0.252 e. The summed E-state index contributed by atoms with van der Waals surface area (Å²) < 4.78 is 22.4. The first-order valence-corrected chi connectivity index (χ1v) is 8.30. The second kappa shape index (κ2) is 5.63. The number of benzene rings is 1. The van der Waals surface area contributed by atoms with Crippen molar-refractivity contribution in [2.24, 2.45) is 10.2 Å². The Balaban J connectivity index is 2.15. The molecule has 0 radical (unpaired) electrons. The summed E-state index contributed by atoms with van der Waals surface area (Å²) >= 11 is 0.888. The molecule has 0 saturated heterocycles. The van der Waals surface area contributed by atoms with Gasteiger partial charge in [-0.1, -0.05) is 11.3 Å². The molecule has 0 spiro atoms. The molecule has 1 heterocycles. The van der Waals surface area contributed by atoms with E-state index in [1.807, 2.05) is 43.3 Å². The van der Waals surface area contributed by atoms with Crippen LogP contribution >= 0.6 is 11.3 Å². The van der Waals surface area contributed by atoms with E-state index in [-0.39, 0.29) is 9.47 Å². The van der Waals surface area contributed by atoms with E-state index in [2.05, 4.69) is 20.4 Å². The highest BCUT2D eigenvalue weighted by Gasteiger charge is 2.13. The minimum Gasteiger partial charge on any atom is -0.378 e. The van der Waals surface area contributed by atoms with E-state index in [9.17, 15) is 8.42 Å². The molecule has 1 aromatic carbocycles. The van der Waals surface area contributed by atoms with Gasteiger partial charge in [0.1, 0.15) is 0 Å². The van der Waals surface area contributed by atoms with Gasteiger partial charge in [-0.2, -0.15) is 0 Å². The van der Waals surface area contributed by atoms with Gasteiger partial charge in [-0.3, -0.25) is 0 Å². The van der Waals surface area contributed by atoms with Crippen LogP contribution in [-0.4, -0.2) is 39.0 Å². The predicted octanol–water partition coefficient (Wildman–Crippen LogP) is 2.42. The molecule has 20 heavy (non-hydrogen) atoms. The monoisotopic (exact) mass is 311 g/mol. The summed E-state index contributed by atoms with van der Waals surface area (Å²) in [6.07, 6.45) is 1.08. The van der Waals surface area contributed by atoms with Gasteiger partial charge in [0.2, 0.25) is 14.2 Å². The Bertz CT molecular complexity index is 720. The lowest BCUT2D eigenvalue weighted by Crippen LogP contribution is -2.07. The van der Waals surface area contributed by atoms with Crippen molar-refractivity contribution in [2.45, 2.75) is 4.34 Å². The Morgan fingerprint density at radius 3 is 2.25 bits per heavy atom. The minimum atomic E-state index is -3.34. The van der Waals surface area contributed by atoms with Crippen molar-refractivity contribution >= 4 is 37.7 Å². The van der Waals surface area contributed by atoms with Gasteiger partial charge in [0.25, 0.3) is 5.13 Å². The summed E-state index contributed by atoms with van der Waals surface area (Å²) in [5.41, 5.74) is 1.71. The summed E-state index contributed by atoms with van der Waals surface area (Å²) in [5, 5.41) is 15.3. The molecule has 7 nitrogen and oxygen atoms in total. The first-order valence-electron chi connectivity index (χ1n) is 5.59. The average molecular weight is 311 g/mol. The van der Waals surface area contributed by atoms with Crippen molar-refractivity contribution in [3.8, 4) is 0 Å². The fourth-order valence-corrected chi connectivity index (χ4v) is 2.73. The van der Waals surface area contributed by atoms with Gasteiger partial charge in [0.15, 0.2) is 0 Å². The van der Waals surface area contributed by atoms with Crippen molar-refractivity contribution in [3.63, 3.8) is 0 Å². The van der Waals surface area contributed by atoms with Gasteiger partial charge in [-0.25, -0.2) is 8.42 Å². The van der Waals surface area contributed by atoms with Crippen LogP contribution in [0.15, 0.2) is 38.8 Å². The van der Waals surface area contributed by atoms with Crippen molar-refractivity contribution in [2.75, 3.05) is 25.3 Å². The van der Waals surface area contributed by atoms with E-state index in [4.69, 9.17) is 0 Å². The van der Waals surface area contributed by atoms with Gasteiger partial charge in [0, 0.05) is 26.0 Å². The predicted molar refractivity (Wildman–Crippen MR) is 78.0 cm³/mol. The molecule has 2 rings (SSSR count). The van der Waals surface area contributed by atoms with Gasteiger partial charge in [-0.15, -0.1) is 20.4 Å². The Morgan fingerprint density at radius 1 is 1.10 bits per heavy atom. The Labute approximate surface area is 120 Å². The van der Waals surface area contributed by atoms with E-state index in [0.717, 1.165) is 23.3 Å². The van der Waals surface area contributed by atoms with Crippen LogP contribution in [0.2, 0.25) is 0 Å². The van der Waals surface area contributed by atoms with E-state index in [1.165, 1.54) is 0 Å². The number of hydrogen-bond acceptors (Lipinski definition) is 8. The lowest BCUT2D eigenvalue weighted by Gasteiger charge is -2.11. The summed E-state index contributed by atoms with van der Waals surface area (Å²) in [6, 6.07) is 7.46. The fourth-order valence-electron chi connectivity index (χ4n) is 1.31. The van der Waals surface area contributed by atoms with Gasteiger partial charge in [0.05, 0.1) is 5.69 Å². The minimum absolute atomic E-state index is 0.0607. The third-order valence-electron chi connectivity index (χ3n) is 2.33. The molecule has 0 aliphatic carbocycles. The largest absolute Gasteiger partial charge is 0.378 e. The molecule has 1 aromatic heterocycles. The lowest BCUT2D eigenvalue weighted by molar-refractivity contribution is 0.600. The molecular weight excluding hydrogens is 298 g/mol. The van der Waals surface area contributed by atoms with Gasteiger partial charge in [-0.05, 0) is 24.3 Å². The molecule has 0 aliphatic rings. The van der Waals surface area contributed by atoms with Gasteiger partial charge < -0.3 is 4.90 Å². The van der Waals surface area contributed by atoms with Crippen LogP contribution in [0.1, 0.15) is 0 Å². The number of hydrogen-bond donors (Lipinski definition) is 0. The third kappa shape index (κ3) is 3.58. The van der Waals surface area contributed by atoms with Crippen molar-refractivity contribution in [1.82, 2.24) is 10.2 Å². The van der Waals surface area contributed by atoms with E-state index >= 15 is 0 Å². The molecule has 106 valence electrons. The number of anilines is 1. The quantitative estimate of drug-likeness (QED) is 0.809. The van der Waals surface area contributed by atoms with Crippen LogP contribution in [-0.2, 0) is 9.84 Å². The Morgan fingerprint density at radius 2 is 1.75 bits per heavy atom. The van der Waals surface area contributed by atoms with Crippen molar-refractivity contribution in [1.29, 1.82) is 0 Å². The molecule has 0 unspecified atom stereocenters. The number of rotatable bonds is 4. The van der Waals surface area contributed by atoms with Crippen LogP contribution in [0.3, 0.4) is 0 Å². The average Bonchev–Trinajstić information content (AvgIpc) is 2.85. The van der Waals surface area contributed by atoms with Crippen LogP contribution in [0, 0.1) is 0 Å².